The zero-order valence-electron chi connectivity index (χ0n) is 18.1. The van der Waals surface area contributed by atoms with Crippen molar-refractivity contribution in [2.45, 2.75) is 71.4 Å². The molecule has 1 amide bonds. The molecule has 2 atom stereocenters. The molecule has 0 radical (unpaired) electrons. The second kappa shape index (κ2) is 9.82. The van der Waals surface area contributed by atoms with Gasteiger partial charge in [-0.15, -0.1) is 0 Å². The summed E-state index contributed by atoms with van der Waals surface area (Å²) in [5.74, 6) is 1.59. The van der Waals surface area contributed by atoms with E-state index in [0.29, 0.717) is 6.42 Å². The highest BCUT2D eigenvalue weighted by atomic mass is 16.5. The average molecular weight is 396 g/mol. The van der Waals surface area contributed by atoms with Gasteiger partial charge < -0.3 is 14.8 Å². The zero-order valence-corrected chi connectivity index (χ0v) is 18.1. The molecule has 0 saturated carbocycles. The first-order valence-electron chi connectivity index (χ1n) is 10.8. The van der Waals surface area contributed by atoms with Gasteiger partial charge in [-0.2, -0.15) is 0 Å². The van der Waals surface area contributed by atoms with Crippen molar-refractivity contribution in [3.05, 3.63) is 58.7 Å². The lowest BCUT2D eigenvalue weighted by Gasteiger charge is -2.24. The fourth-order valence-corrected chi connectivity index (χ4v) is 4.07. The quantitative estimate of drug-likeness (QED) is 0.659. The fraction of sp³-hybridized carbons (Fsp3) is 0.480. The monoisotopic (exact) mass is 395 g/mol. The van der Waals surface area contributed by atoms with E-state index in [1.807, 2.05) is 32.0 Å². The minimum Gasteiger partial charge on any atom is -0.496 e. The highest BCUT2D eigenvalue weighted by molar-refractivity contribution is 5.81. The van der Waals surface area contributed by atoms with Crippen LogP contribution < -0.4 is 14.8 Å². The van der Waals surface area contributed by atoms with E-state index in [1.165, 1.54) is 24.0 Å². The molecule has 156 valence electrons. The van der Waals surface area contributed by atoms with E-state index in [4.69, 9.17) is 9.47 Å². The Labute approximate surface area is 174 Å². The molecule has 2 aromatic carbocycles. The number of amides is 1. The number of ether oxygens (including phenoxy) is 2. The number of hydrogen-bond acceptors (Lipinski definition) is 3. The van der Waals surface area contributed by atoms with Crippen LogP contribution in [0.15, 0.2) is 36.4 Å². The third kappa shape index (κ3) is 5.11. The first-order chi connectivity index (χ1) is 14.0. The summed E-state index contributed by atoms with van der Waals surface area (Å²) in [6, 6.07) is 12.3. The van der Waals surface area contributed by atoms with Gasteiger partial charge in [-0.25, -0.2) is 0 Å². The number of benzene rings is 2. The fourth-order valence-electron chi connectivity index (χ4n) is 4.07. The predicted octanol–water partition coefficient (Wildman–Crippen LogP) is 5.31. The third-order valence-corrected chi connectivity index (χ3v) is 5.81. The summed E-state index contributed by atoms with van der Waals surface area (Å²) < 4.78 is 11.4. The number of carbonyl (C=O) groups is 1. The third-order valence-electron chi connectivity index (χ3n) is 5.81. The Morgan fingerprint density at radius 2 is 1.79 bits per heavy atom. The SMILES string of the molecule is CC[C@H](Oc1ccc2c(c1)CCCC2)C(=O)N[C@@H](CC)c1ccc(OC)c(C)c1. The Bertz CT molecular complexity index is 846. The van der Waals surface area contributed by atoms with Crippen LogP contribution in [-0.2, 0) is 17.6 Å². The Morgan fingerprint density at radius 3 is 2.45 bits per heavy atom. The van der Waals surface area contributed by atoms with Crippen molar-refractivity contribution in [2.24, 2.45) is 0 Å². The van der Waals surface area contributed by atoms with Gasteiger partial charge in [-0.1, -0.05) is 32.0 Å². The molecule has 0 spiro atoms. The van der Waals surface area contributed by atoms with Gasteiger partial charge in [-0.3, -0.25) is 4.79 Å². The maximum Gasteiger partial charge on any atom is 0.261 e. The molecule has 0 aliphatic heterocycles. The smallest absolute Gasteiger partial charge is 0.261 e. The number of fused-ring (bicyclic) bond motifs is 1. The van der Waals surface area contributed by atoms with Gasteiger partial charge in [0.05, 0.1) is 13.2 Å². The minimum absolute atomic E-state index is 0.0479. The van der Waals surface area contributed by atoms with Gasteiger partial charge in [0.25, 0.3) is 5.91 Å². The molecule has 0 bridgehead atoms. The highest BCUT2D eigenvalue weighted by Crippen LogP contribution is 2.27. The average Bonchev–Trinajstić information content (AvgIpc) is 2.75. The number of aryl methyl sites for hydroxylation is 3. The van der Waals surface area contributed by atoms with E-state index in [0.717, 1.165) is 41.9 Å². The van der Waals surface area contributed by atoms with Crippen LogP contribution in [0.1, 0.15) is 67.8 Å². The molecule has 0 heterocycles. The molecule has 1 aliphatic rings. The van der Waals surface area contributed by atoms with Gasteiger partial charge in [-0.05, 0) is 85.9 Å². The molecule has 29 heavy (non-hydrogen) atoms. The van der Waals surface area contributed by atoms with Gasteiger partial charge in [0.1, 0.15) is 11.5 Å². The lowest BCUT2D eigenvalue weighted by Crippen LogP contribution is -2.40. The lowest BCUT2D eigenvalue weighted by molar-refractivity contribution is -0.128. The second-order valence-electron chi connectivity index (χ2n) is 7.85. The number of carbonyl (C=O) groups excluding carboxylic acids is 1. The molecule has 1 aliphatic carbocycles. The number of rotatable bonds is 8. The summed E-state index contributed by atoms with van der Waals surface area (Å²) in [5.41, 5.74) is 4.93. The summed E-state index contributed by atoms with van der Waals surface area (Å²) in [6.07, 6.45) is 5.68. The Kier molecular flexibility index (Phi) is 7.18. The summed E-state index contributed by atoms with van der Waals surface area (Å²) in [4.78, 5) is 13.0. The molecule has 4 heteroatoms. The van der Waals surface area contributed by atoms with Crippen molar-refractivity contribution in [3.63, 3.8) is 0 Å². The Morgan fingerprint density at radius 1 is 1.03 bits per heavy atom. The van der Waals surface area contributed by atoms with Crippen LogP contribution in [0.2, 0.25) is 0 Å². The Hall–Kier alpha value is -2.49. The topological polar surface area (TPSA) is 47.6 Å². The molecular weight excluding hydrogens is 362 g/mol. The highest BCUT2D eigenvalue weighted by Gasteiger charge is 2.23. The predicted molar refractivity (Wildman–Crippen MR) is 117 cm³/mol. The van der Waals surface area contributed by atoms with Gasteiger partial charge in [0.2, 0.25) is 0 Å². The second-order valence-corrected chi connectivity index (χ2v) is 7.85. The maximum absolute atomic E-state index is 13.0. The standard InChI is InChI=1S/C25H33NO3/c1-5-22(20-12-14-24(28-4)17(3)15-20)26-25(27)23(6-2)29-21-13-11-18-9-7-8-10-19(18)16-21/h11-16,22-23H,5-10H2,1-4H3,(H,26,27)/t22-,23-/m0/s1. The molecule has 1 N–H and O–H groups in total. The lowest BCUT2D eigenvalue weighted by atomic mass is 9.92. The van der Waals surface area contributed by atoms with Crippen LogP contribution in [0.5, 0.6) is 11.5 Å². The first-order valence-corrected chi connectivity index (χ1v) is 10.8. The van der Waals surface area contributed by atoms with E-state index >= 15 is 0 Å². The summed E-state index contributed by atoms with van der Waals surface area (Å²) >= 11 is 0. The van der Waals surface area contributed by atoms with Crippen LogP contribution in [-0.4, -0.2) is 19.1 Å². The van der Waals surface area contributed by atoms with Gasteiger partial charge >= 0.3 is 0 Å². The van der Waals surface area contributed by atoms with Gasteiger partial charge in [0.15, 0.2) is 6.10 Å². The van der Waals surface area contributed by atoms with Crippen molar-refractivity contribution >= 4 is 5.91 Å². The van der Waals surface area contributed by atoms with E-state index in [-0.39, 0.29) is 11.9 Å². The van der Waals surface area contributed by atoms with Crippen LogP contribution in [0.3, 0.4) is 0 Å². The largest absolute Gasteiger partial charge is 0.496 e. The number of methoxy groups -OCH3 is 1. The first kappa shape index (κ1) is 21.2. The summed E-state index contributed by atoms with van der Waals surface area (Å²) in [5, 5.41) is 3.18. The normalized spacial score (nSPS) is 15.2. The van der Waals surface area contributed by atoms with E-state index in [1.54, 1.807) is 7.11 Å². The number of nitrogens with one attached hydrogen (secondary N) is 1. The molecule has 2 aromatic rings. The molecule has 3 rings (SSSR count). The van der Waals surface area contributed by atoms with E-state index < -0.39 is 6.10 Å². The van der Waals surface area contributed by atoms with Crippen LogP contribution in [0.25, 0.3) is 0 Å². The minimum atomic E-state index is -0.495. The van der Waals surface area contributed by atoms with Crippen molar-refractivity contribution < 1.29 is 14.3 Å². The van der Waals surface area contributed by atoms with E-state index in [9.17, 15) is 4.79 Å². The Balaban J connectivity index is 1.69. The number of hydrogen-bond donors (Lipinski definition) is 1. The van der Waals surface area contributed by atoms with Crippen molar-refractivity contribution in [3.8, 4) is 11.5 Å². The van der Waals surface area contributed by atoms with Crippen molar-refractivity contribution in [1.82, 2.24) is 5.32 Å². The zero-order chi connectivity index (χ0) is 20.8. The van der Waals surface area contributed by atoms with Crippen LogP contribution in [0.4, 0.5) is 0 Å². The van der Waals surface area contributed by atoms with E-state index in [2.05, 4.69) is 30.4 Å². The maximum atomic E-state index is 13.0. The summed E-state index contributed by atoms with van der Waals surface area (Å²) in [6.45, 7) is 6.09. The molecule has 0 saturated heterocycles. The van der Waals surface area contributed by atoms with Crippen LogP contribution in [0, 0.1) is 6.92 Å². The molecular formula is C25H33NO3. The van der Waals surface area contributed by atoms with Gasteiger partial charge in [0, 0.05) is 0 Å². The molecule has 0 unspecified atom stereocenters. The van der Waals surface area contributed by atoms with Crippen molar-refractivity contribution in [1.29, 1.82) is 0 Å². The molecule has 0 fully saturated rings. The van der Waals surface area contributed by atoms with Crippen LogP contribution >= 0.6 is 0 Å². The molecule has 4 nitrogen and oxygen atoms in total. The molecule has 0 aromatic heterocycles. The summed E-state index contributed by atoms with van der Waals surface area (Å²) in [7, 11) is 1.67. The van der Waals surface area contributed by atoms with Crippen molar-refractivity contribution in [2.75, 3.05) is 7.11 Å².